The number of fused-ring (bicyclic) bond motifs is 1. The highest BCUT2D eigenvalue weighted by atomic mass is 19.1. The number of para-hydroxylation sites is 1. The molecule has 132 valence electrons. The highest BCUT2D eigenvalue weighted by molar-refractivity contribution is 5.95. The molecular weight excluding hydrogens is 329 g/mol. The van der Waals surface area contributed by atoms with Crippen LogP contribution in [0.3, 0.4) is 0 Å². The van der Waals surface area contributed by atoms with Crippen LogP contribution in [0.1, 0.15) is 18.4 Å². The van der Waals surface area contributed by atoms with Crippen LogP contribution in [0.5, 0.6) is 0 Å². The molecular formula is C21H20FN3O. The molecule has 1 aliphatic heterocycles. The van der Waals surface area contributed by atoms with E-state index in [-0.39, 0.29) is 17.8 Å². The lowest BCUT2D eigenvalue weighted by Gasteiger charge is -2.24. The first kappa shape index (κ1) is 16.7. The molecule has 1 amide bonds. The maximum absolute atomic E-state index is 14.0. The second-order valence-corrected chi connectivity index (χ2v) is 6.59. The highest BCUT2D eigenvalue weighted by Crippen LogP contribution is 2.25. The van der Waals surface area contributed by atoms with Crippen molar-refractivity contribution in [2.24, 2.45) is 0 Å². The predicted molar refractivity (Wildman–Crippen MR) is 100 cm³/mol. The highest BCUT2D eigenvalue weighted by Gasteiger charge is 2.31. The molecule has 0 bridgehead atoms. The quantitative estimate of drug-likeness (QED) is 0.775. The van der Waals surface area contributed by atoms with Crippen LogP contribution in [0.15, 0.2) is 60.8 Å². The zero-order valence-electron chi connectivity index (χ0n) is 14.4. The van der Waals surface area contributed by atoms with Gasteiger partial charge < -0.3 is 5.32 Å². The number of anilines is 1. The molecule has 5 heteroatoms. The molecule has 2 aromatic carbocycles. The van der Waals surface area contributed by atoms with Crippen molar-refractivity contribution in [3.05, 3.63) is 72.2 Å². The fraction of sp³-hybridized carbons (Fsp3) is 0.238. The number of nitrogens with zero attached hydrogens (tertiary/aromatic N) is 2. The van der Waals surface area contributed by atoms with E-state index >= 15 is 0 Å². The zero-order valence-corrected chi connectivity index (χ0v) is 14.4. The number of pyridine rings is 1. The molecule has 1 fully saturated rings. The molecule has 0 radical (unpaired) electrons. The number of aromatic nitrogens is 1. The summed E-state index contributed by atoms with van der Waals surface area (Å²) in [5, 5.41) is 3.51. The van der Waals surface area contributed by atoms with E-state index in [1.165, 1.54) is 6.07 Å². The minimum absolute atomic E-state index is 0.00748. The summed E-state index contributed by atoms with van der Waals surface area (Å²) in [6.07, 6.45) is 3.47. The number of hydrogen-bond donors (Lipinski definition) is 1. The summed E-state index contributed by atoms with van der Waals surface area (Å²) < 4.78 is 14.0. The van der Waals surface area contributed by atoms with E-state index < -0.39 is 0 Å². The summed E-state index contributed by atoms with van der Waals surface area (Å²) in [5.74, 6) is -0.260. The topological polar surface area (TPSA) is 45.2 Å². The number of halogens is 1. The summed E-state index contributed by atoms with van der Waals surface area (Å²) in [5.41, 5.74) is 2.42. The van der Waals surface area contributed by atoms with Crippen LogP contribution < -0.4 is 5.32 Å². The Morgan fingerprint density at radius 2 is 2.00 bits per heavy atom. The van der Waals surface area contributed by atoms with E-state index in [9.17, 15) is 9.18 Å². The lowest BCUT2D eigenvalue weighted by Crippen LogP contribution is -2.39. The molecule has 1 saturated heterocycles. The number of rotatable bonds is 4. The number of carbonyl (C=O) groups is 1. The predicted octanol–water partition coefficient (Wildman–Crippen LogP) is 3.98. The van der Waals surface area contributed by atoms with Gasteiger partial charge in [0.25, 0.3) is 0 Å². The van der Waals surface area contributed by atoms with E-state index in [4.69, 9.17) is 0 Å². The Labute approximate surface area is 151 Å². The lowest BCUT2D eigenvalue weighted by atomic mass is 10.1. The van der Waals surface area contributed by atoms with Crippen molar-refractivity contribution in [2.75, 3.05) is 11.9 Å². The Morgan fingerprint density at radius 1 is 1.15 bits per heavy atom. The van der Waals surface area contributed by atoms with Crippen molar-refractivity contribution in [1.29, 1.82) is 0 Å². The fourth-order valence-corrected chi connectivity index (χ4v) is 3.60. The molecule has 2 heterocycles. The minimum Gasteiger partial charge on any atom is -0.325 e. The van der Waals surface area contributed by atoms with Gasteiger partial charge in [-0.25, -0.2) is 4.39 Å². The van der Waals surface area contributed by atoms with Crippen molar-refractivity contribution in [1.82, 2.24) is 9.88 Å². The number of amides is 1. The van der Waals surface area contributed by atoms with E-state index in [0.29, 0.717) is 17.4 Å². The van der Waals surface area contributed by atoms with Gasteiger partial charge in [-0.05, 0) is 55.3 Å². The first-order chi connectivity index (χ1) is 12.7. The van der Waals surface area contributed by atoms with Gasteiger partial charge in [-0.15, -0.1) is 0 Å². The molecule has 0 aliphatic carbocycles. The van der Waals surface area contributed by atoms with Gasteiger partial charge >= 0.3 is 0 Å². The number of carbonyl (C=O) groups excluding carboxylic acids is 1. The van der Waals surface area contributed by atoms with E-state index in [0.717, 1.165) is 30.6 Å². The molecule has 0 unspecified atom stereocenters. The molecule has 26 heavy (non-hydrogen) atoms. The van der Waals surface area contributed by atoms with Gasteiger partial charge in [0.15, 0.2) is 0 Å². The molecule has 4 rings (SSSR count). The summed E-state index contributed by atoms with van der Waals surface area (Å²) in [6.45, 7) is 1.43. The largest absolute Gasteiger partial charge is 0.325 e. The van der Waals surface area contributed by atoms with Crippen molar-refractivity contribution >= 4 is 22.5 Å². The van der Waals surface area contributed by atoms with Gasteiger partial charge in [-0.2, -0.15) is 0 Å². The Kier molecular flexibility index (Phi) is 4.63. The van der Waals surface area contributed by atoms with Crippen molar-refractivity contribution < 1.29 is 9.18 Å². The second-order valence-electron chi connectivity index (χ2n) is 6.59. The van der Waals surface area contributed by atoms with Gasteiger partial charge in [-0.3, -0.25) is 14.7 Å². The van der Waals surface area contributed by atoms with Gasteiger partial charge in [0.1, 0.15) is 5.82 Å². The van der Waals surface area contributed by atoms with Gasteiger partial charge in [0, 0.05) is 23.8 Å². The number of nitrogens with one attached hydrogen (secondary N) is 1. The Balaban J connectivity index is 1.54. The van der Waals surface area contributed by atoms with Crippen LogP contribution in [-0.4, -0.2) is 28.4 Å². The Morgan fingerprint density at radius 3 is 2.85 bits per heavy atom. The van der Waals surface area contributed by atoms with Crippen LogP contribution in [0.2, 0.25) is 0 Å². The van der Waals surface area contributed by atoms with Crippen LogP contribution in [-0.2, 0) is 11.3 Å². The van der Waals surface area contributed by atoms with E-state index in [1.807, 2.05) is 30.3 Å². The van der Waals surface area contributed by atoms with Gasteiger partial charge in [-0.1, -0.05) is 24.3 Å². The third-order valence-corrected chi connectivity index (χ3v) is 4.88. The molecule has 1 aromatic heterocycles. The van der Waals surface area contributed by atoms with Crippen LogP contribution in [0.25, 0.3) is 10.9 Å². The maximum Gasteiger partial charge on any atom is 0.241 e. The van der Waals surface area contributed by atoms with Crippen molar-refractivity contribution in [3.8, 4) is 0 Å². The third kappa shape index (κ3) is 3.30. The fourth-order valence-electron chi connectivity index (χ4n) is 3.60. The van der Waals surface area contributed by atoms with Gasteiger partial charge in [0.05, 0.1) is 11.6 Å². The number of hydrogen-bond acceptors (Lipinski definition) is 3. The average Bonchev–Trinajstić information content (AvgIpc) is 3.13. The van der Waals surface area contributed by atoms with E-state index in [1.54, 1.807) is 24.4 Å². The molecule has 1 atom stereocenters. The van der Waals surface area contributed by atoms with Crippen LogP contribution >= 0.6 is 0 Å². The molecule has 1 N–H and O–H groups in total. The van der Waals surface area contributed by atoms with E-state index in [2.05, 4.69) is 15.2 Å². The Bertz CT molecular complexity index is 929. The minimum atomic E-state index is -0.267. The summed E-state index contributed by atoms with van der Waals surface area (Å²) in [4.78, 5) is 19.2. The van der Waals surface area contributed by atoms with Crippen LogP contribution in [0.4, 0.5) is 10.1 Å². The molecule has 4 nitrogen and oxygen atoms in total. The molecule has 0 saturated carbocycles. The summed E-state index contributed by atoms with van der Waals surface area (Å²) in [7, 11) is 0. The SMILES string of the molecule is O=C(Nc1ccccc1)[C@H]1CCCN1Cc1ccc(F)c2cccnc12. The molecule has 1 aliphatic rings. The normalized spacial score (nSPS) is 17.5. The zero-order chi connectivity index (χ0) is 17.9. The first-order valence-corrected chi connectivity index (χ1v) is 8.84. The average molecular weight is 349 g/mol. The van der Waals surface area contributed by atoms with Gasteiger partial charge in [0.2, 0.25) is 5.91 Å². The second kappa shape index (κ2) is 7.22. The Hall–Kier alpha value is -2.79. The first-order valence-electron chi connectivity index (χ1n) is 8.84. The number of benzene rings is 2. The molecule has 3 aromatic rings. The lowest BCUT2D eigenvalue weighted by molar-refractivity contribution is -0.120. The third-order valence-electron chi connectivity index (χ3n) is 4.88. The molecule has 0 spiro atoms. The van der Waals surface area contributed by atoms with Crippen molar-refractivity contribution in [3.63, 3.8) is 0 Å². The van der Waals surface area contributed by atoms with Crippen LogP contribution in [0, 0.1) is 5.82 Å². The van der Waals surface area contributed by atoms with Crippen molar-refractivity contribution in [2.45, 2.75) is 25.4 Å². The smallest absolute Gasteiger partial charge is 0.241 e. The summed E-state index contributed by atoms with van der Waals surface area (Å²) in [6, 6.07) is 16.0. The summed E-state index contributed by atoms with van der Waals surface area (Å²) >= 11 is 0. The number of likely N-dealkylation sites (tertiary alicyclic amines) is 1. The monoisotopic (exact) mass is 349 g/mol. The maximum atomic E-state index is 14.0. The standard InChI is InChI=1S/C21H20FN3O/c22-18-11-10-15(20-17(18)8-4-12-23-20)14-25-13-5-9-19(25)21(26)24-16-6-2-1-3-7-16/h1-4,6-8,10-12,19H,5,9,13-14H2,(H,24,26)/t19-/m1/s1.